The van der Waals surface area contributed by atoms with Gasteiger partial charge in [0.05, 0.1) is 5.52 Å². The number of imidazole rings is 1. The number of aryl methyl sites for hydroxylation is 3. The van der Waals surface area contributed by atoms with E-state index in [2.05, 4.69) is 28.3 Å². The van der Waals surface area contributed by atoms with Crippen LogP contribution in [0.25, 0.3) is 11.0 Å². The van der Waals surface area contributed by atoms with Gasteiger partial charge in [0.15, 0.2) is 5.82 Å². The lowest BCUT2D eigenvalue weighted by molar-refractivity contribution is -0.132. The average Bonchev–Trinajstić information content (AvgIpc) is 3.12. The Morgan fingerprint density at radius 3 is 2.60 bits per heavy atom. The summed E-state index contributed by atoms with van der Waals surface area (Å²) in [5, 5.41) is 0. The largest absolute Gasteiger partial charge is 0.382 e. The minimum atomic E-state index is 0.323. The lowest BCUT2D eigenvalue weighted by atomic mass is 9.93. The zero-order valence-corrected chi connectivity index (χ0v) is 19.0. The average molecular weight is 416 g/mol. The molecule has 3 heterocycles. The SMILES string of the molecule is CCCCC(=O)N1CCC(CCn2c(COCC)nc3c(N)nc(C)c(C)c32)CC1. The van der Waals surface area contributed by atoms with Crippen LogP contribution in [0.5, 0.6) is 0 Å². The summed E-state index contributed by atoms with van der Waals surface area (Å²) in [6.07, 6.45) is 5.98. The van der Waals surface area contributed by atoms with Crippen LogP contribution in [-0.2, 0) is 22.7 Å². The number of rotatable bonds is 9. The molecule has 2 N–H and O–H groups in total. The predicted octanol–water partition coefficient (Wildman–Crippen LogP) is 3.99. The molecule has 30 heavy (non-hydrogen) atoms. The second-order valence-corrected chi connectivity index (χ2v) is 8.44. The van der Waals surface area contributed by atoms with E-state index in [0.29, 0.717) is 37.3 Å². The first-order valence-electron chi connectivity index (χ1n) is 11.4. The van der Waals surface area contributed by atoms with E-state index in [1.54, 1.807) is 0 Å². The molecule has 1 aliphatic heterocycles. The number of nitrogens with two attached hydrogens (primary N) is 1. The Bertz CT molecular complexity index is 868. The third-order valence-corrected chi connectivity index (χ3v) is 6.38. The summed E-state index contributed by atoms with van der Waals surface area (Å²) in [5.74, 6) is 2.35. The van der Waals surface area contributed by atoms with Gasteiger partial charge in [-0.3, -0.25) is 4.79 Å². The molecular weight excluding hydrogens is 378 g/mol. The Morgan fingerprint density at radius 2 is 1.93 bits per heavy atom. The Balaban J connectivity index is 1.70. The molecule has 0 atom stereocenters. The molecular formula is C23H37N5O2. The Hall–Kier alpha value is -2.15. The Labute approximate surface area is 180 Å². The number of carbonyl (C=O) groups is 1. The molecule has 0 unspecified atom stereocenters. The highest BCUT2D eigenvalue weighted by atomic mass is 16.5. The molecule has 2 aromatic heterocycles. The van der Waals surface area contributed by atoms with Crippen LogP contribution in [0.4, 0.5) is 5.82 Å². The smallest absolute Gasteiger partial charge is 0.222 e. The number of carbonyl (C=O) groups excluding carboxylic acids is 1. The maximum absolute atomic E-state index is 12.3. The van der Waals surface area contributed by atoms with Gasteiger partial charge < -0.3 is 19.9 Å². The van der Waals surface area contributed by atoms with Crippen LogP contribution < -0.4 is 5.73 Å². The normalized spacial score (nSPS) is 15.3. The lowest BCUT2D eigenvalue weighted by Crippen LogP contribution is -2.38. The van der Waals surface area contributed by atoms with Crippen molar-refractivity contribution in [1.82, 2.24) is 19.4 Å². The predicted molar refractivity (Wildman–Crippen MR) is 120 cm³/mol. The number of aromatic nitrogens is 3. The summed E-state index contributed by atoms with van der Waals surface area (Å²) in [6, 6.07) is 0. The summed E-state index contributed by atoms with van der Waals surface area (Å²) in [6.45, 7) is 12.0. The van der Waals surface area contributed by atoms with Crippen molar-refractivity contribution in [1.29, 1.82) is 0 Å². The summed E-state index contributed by atoms with van der Waals surface area (Å²) >= 11 is 0. The number of fused-ring (bicyclic) bond motifs is 1. The molecule has 1 aliphatic rings. The van der Waals surface area contributed by atoms with Crippen LogP contribution in [0.15, 0.2) is 0 Å². The summed E-state index contributed by atoms with van der Waals surface area (Å²) in [4.78, 5) is 23.6. The van der Waals surface area contributed by atoms with Crippen molar-refractivity contribution in [2.45, 2.75) is 79.4 Å². The fraction of sp³-hybridized carbons (Fsp3) is 0.696. The highest BCUT2D eigenvalue weighted by molar-refractivity contribution is 5.88. The third kappa shape index (κ3) is 4.94. The maximum Gasteiger partial charge on any atom is 0.222 e. The second-order valence-electron chi connectivity index (χ2n) is 8.44. The zero-order valence-electron chi connectivity index (χ0n) is 19.0. The van der Waals surface area contributed by atoms with Crippen LogP contribution in [-0.4, -0.2) is 45.0 Å². The summed E-state index contributed by atoms with van der Waals surface area (Å²) in [7, 11) is 0. The number of hydrogen-bond acceptors (Lipinski definition) is 5. The standard InChI is InChI=1S/C23H37N5O2/c1-5-7-8-20(29)27-12-9-18(10-13-27)11-14-28-19(15-30-6-2)26-21-22(28)16(3)17(4)25-23(21)24/h18H,5-15H2,1-4H3,(H2,24,25). The number of hydrogen-bond donors (Lipinski definition) is 1. The first kappa shape index (κ1) is 22.5. The molecule has 7 nitrogen and oxygen atoms in total. The first-order valence-corrected chi connectivity index (χ1v) is 11.4. The van der Waals surface area contributed by atoms with E-state index < -0.39 is 0 Å². The number of likely N-dealkylation sites (tertiary alicyclic amines) is 1. The quantitative estimate of drug-likeness (QED) is 0.669. The Kier molecular flexibility index (Phi) is 7.69. The minimum Gasteiger partial charge on any atom is -0.382 e. The van der Waals surface area contributed by atoms with E-state index >= 15 is 0 Å². The van der Waals surface area contributed by atoms with Gasteiger partial charge in [0.2, 0.25) is 5.91 Å². The number of unbranched alkanes of at least 4 members (excludes halogenated alkanes) is 1. The highest BCUT2D eigenvalue weighted by Crippen LogP contribution is 2.28. The van der Waals surface area contributed by atoms with Crippen molar-refractivity contribution in [3.8, 4) is 0 Å². The van der Waals surface area contributed by atoms with Gasteiger partial charge in [0.1, 0.15) is 17.9 Å². The maximum atomic E-state index is 12.3. The molecule has 2 aromatic rings. The van der Waals surface area contributed by atoms with Crippen LogP contribution >= 0.6 is 0 Å². The van der Waals surface area contributed by atoms with Crippen molar-refractivity contribution in [3.63, 3.8) is 0 Å². The zero-order chi connectivity index (χ0) is 21.7. The molecule has 0 aromatic carbocycles. The number of anilines is 1. The van der Waals surface area contributed by atoms with Gasteiger partial charge in [0, 0.05) is 38.4 Å². The summed E-state index contributed by atoms with van der Waals surface area (Å²) in [5.41, 5.74) is 10.1. The highest BCUT2D eigenvalue weighted by Gasteiger charge is 2.24. The minimum absolute atomic E-state index is 0.323. The monoisotopic (exact) mass is 415 g/mol. The van der Waals surface area contributed by atoms with Crippen molar-refractivity contribution >= 4 is 22.8 Å². The van der Waals surface area contributed by atoms with Gasteiger partial charge in [0.25, 0.3) is 0 Å². The van der Waals surface area contributed by atoms with Crippen molar-refractivity contribution < 1.29 is 9.53 Å². The van der Waals surface area contributed by atoms with E-state index in [1.165, 1.54) is 0 Å². The lowest BCUT2D eigenvalue weighted by Gasteiger charge is -2.32. The third-order valence-electron chi connectivity index (χ3n) is 6.38. The van der Waals surface area contributed by atoms with Crippen LogP contribution in [0.3, 0.4) is 0 Å². The van der Waals surface area contributed by atoms with E-state index in [0.717, 1.165) is 79.9 Å². The van der Waals surface area contributed by atoms with Gasteiger partial charge in [-0.1, -0.05) is 13.3 Å². The van der Waals surface area contributed by atoms with E-state index in [-0.39, 0.29) is 0 Å². The molecule has 0 aliphatic carbocycles. The fourth-order valence-electron chi connectivity index (χ4n) is 4.36. The fourth-order valence-corrected chi connectivity index (χ4v) is 4.36. The van der Waals surface area contributed by atoms with Crippen LogP contribution in [0, 0.1) is 19.8 Å². The number of nitrogen functional groups attached to an aromatic ring is 1. The number of nitrogens with zero attached hydrogens (tertiary/aromatic N) is 4. The molecule has 1 fully saturated rings. The topological polar surface area (TPSA) is 86.3 Å². The van der Waals surface area contributed by atoms with E-state index in [9.17, 15) is 4.79 Å². The molecule has 1 amide bonds. The number of piperidine rings is 1. The molecule has 1 saturated heterocycles. The molecule has 0 radical (unpaired) electrons. The van der Waals surface area contributed by atoms with Crippen LogP contribution in [0.2, 0.25) is 0 Å². The first-order chi connectivity index (χ1) is 14.5. The number of amides is 1. The van der Waals surface area contributed by atoms with Gasteiger partial charge in [-0.25, -0.2) is 9.97 Å². The van der Waals surface area contributed by atoms with Crippen molar-refractivity contribution in [3.05, 3.63) is 17.1 Å². The molecule has 0 bridgehead atoms. The van der Waals surface area contributed by atoms with Gasteiger partial charge in [-0.15, -0.1) is 0 Å². The summed E-state index contributed by atoms with van der Waals surface area (Å²) < 4.78 is 7.96. The second kappa shape index (κ2) is 10.2. The van der Waals surface area contributed by atoms with Gasteiger partial charge in [-0.05, 0) is 57.9 Å². The van der Waals surface area contributed by atoms with E-state index in [4.69, 9.17) is 15.5 Å². The van der Waals surface area contributed by atoms with Gasteiger partial charge in [-0.2, -0.15) is 0 Å². The Morgan fingerprint density at radius 1 is 1.20 bits per heavy atom. The molecule has 3 rings (SSSR count). The van der Waals surface area contributed by atoms with Crippen LogP contribution in [0.1, 0.15) is 69.5 Å². The number of pyridine rings is 1. The van der Waals surface area contributed by atoms with Gasteiger partial charge >= 0.3 is 0 Å². The van der Waals surface area contributed by atoms with Crippen molar-refractivity contribution in [2.24, 2.45) is 5.92 Å². The van der Waals surface area contributed by atoms with E-state index in [1.807, 2.05) is 13.8 Å². The molecule has 166 valence electrons. The van der Waals surface area contributed by atoms with Crippen molar-refractivity contribution in [2.75, 3.05) is 25.4 Å². The number of ether oxygens (including phenoxy) is 1. The molecule has 7 heteroatoms. The molecule has 0 spiro atoms. The molecule has 0 saturated carbocycles.